The first-order valence-corrected chi connectivity index (χ1v) is 14.9. The SMILES string of the molecule is CCCCN=C1Nc2n(nc(C)[n+]2Cc2ccc(Cl)cc2)C(c2cccc3ccccc23)N1/N=C(/C)SCC. The van der Waals surface area contributed by atoms with Gasteiger partial charge in [-0.3, -0.25) is 0 Å². The fourth-order valence-corrected chi connectivity index (χ4v) is 5.54. The van der Waals surface area contributed by atoms with E-state index >= 15 is 0 Å². The zero-order valence-electron chi connectivity index (χ0n) is 22.9. The molecule has 1 aliphatic rings. The second-order valence-electron chi connectivity index (χ2n) is 9.55. The number of aromatic nitrogens is 3. The van der Waals surface area contributed by atoms with E-state index in [0.717, 1.165) is 64.1 Å². The number of fused-ring (bicyclic) bond motifs is 2. The Bertz CT molecular complexity index is 1500. The second-order valence-corrected chi connectivity index (χ2v) is 11.4. The summed E-state index contributed by atoms with van der Waals surface area (Å²) in [6, 6.07) is 22.9. The molecular weight excluding hydrogens is 526 g/mol. The van der Waals surface area contributed by atoms with Gasteiger partial charge in [-0.25, -0.2) is 14.9 Å². The van der Waals surface area contributed by atoms with Crippen LogP contribution in [-0.2, 0) is 6.54 Å². The summed E-state index contributed by atoms with van der Waals surface area (Å²) < 4.78 is 4.25. The molecule has 0 radical (unpaired) electrons. The van der Waals surface area contributed by atoms with Crippen LogP contribution in [-0.4, -0.2) is 38.1 Å². The number of aryl methyl sites for hydroxylation is 1. The maximum atomic E-state index is 6.16. The minimum absolute atomic E-state index is 0.315. The minimum Gasteiger partial charge on any atom is -0.241 e. The van der Waals surface area contributed by atoms with Crippen LogP contribution in [0, 0.1) is 6.92 Å². The molecule has 0 spiro atoms. The van der Waals surface area contributed by atoms with Crippen molar-refractivity contribution in [1.82, 2.24) is 14.8 Å². The van der Waals surface area contributed by atoms with Crippen LogP contribution in [0.4, 0.5) is 5.95 Å². The van der Waals surface area contributed by atoms with Crippen molar-refractivity contribution in [2.24, 2.45) is 10.1 Å². The van der Waals surface area contributed by atoms with Crippen molar-refractivity contribution in [2.45, 2.75) is 53.2 Å². The number of hydrazone groups is 1. The Kier molecular flexibility index (Phi) is 8.53. The molecule has 0 saturated heterocycles. The number of benzene rings is 3. The summed E-state index contributed by atoms with van der Waals surface area (Å²) in [5.74, 6) is 3.46. The average Bonchev–Trinajstić information content (AvgIpc) is 3.24. The number of guanidine groups is 1. The highest BCUT2D eigenvalue weighted by molar-refractivity contribution is 8.13. The number of thioether (sulfide) groups is 1. The smallest absolute Gasteiger partial charge is 0.241 e. The zero-order chi connectivity index (χ0) is 27.4. The van der Waals surface area contributed by atoms with E-state index in [1.54, 1.807) is 11.8 Å². The lowest BCUT2D eigenvalue weighted by atomic mass is 10.0. The van der Waals surface area contributed by atoms with E-state index in [4.69, 9.17) is 26.8 Å². The Hall–Kier alpha value is -3.36. The third kappa shape index (κ3) is 5.82. The monoisotopic (exact) mass is 560 g/mol. The number of hydrogen-bond acceptors (Lipinski definition) is 4. The van der Waals surface area contributed by atoms with E-state index in [9.17, 15) is 0 Å². The maximum absolute atomic E-state index is 6.16. The first-order chi connectivity index (χ1) is 19.0. The van der Waals surface area contributed by atoms with Gasteiger partial charge in [-0.2, -0.15) is 10.1 Å². The number of unbranched alkanes of at least 4 members (excludes halogenated alkanes) is 1. The molecule has 0 fully saturated rings. The van der Waals surface area contributed by atoms with Crippen LogP contribution in [0.5, 0.6) is 0 Å². The number of nitrogens with one attached hydrogen (secondary N) is 1. The van der Waals surface area contributed by atoms with Crippen molar-refractivity contribution in [2.75, 3.05) is 17.6 Å². The first-order valence-electron chi connectivity index (χ1n) is 13.5. The Morgan fingerprint density at radius 1 is 1.08 bits per heavy atom. The second kappa shape index (κ2) is 12.2. The molecule has 5 rings (SSSR count). The molecule has 1 aliphatic heterocycles. The van der Waals surface area contributed by atoms with Crippen LogP contribution >= 0.6 is 23.4 Å². The lowest BCUT2D eigenvalue weighted by molar-refractivity contribution is -0.681. The van der Waals surface area contributed by atoms with E-state index < -0.39 is 0 Å². The van der Waals surface area contributed by atoms with Crippen LogP contribution in [0.3, 0.4) is 0 Å². The van der Waals surface area contributed by atoms with E-state index in [1.165, 1.54) is 10.8 Å². The fraction of sp³-hybridized carbons (Fsp3) is 0.333. The number of aliphatic imine (C=N–C) groups is 1. The van der Waals surface area contributed by atoms with Crippen molar-refractivity contribution in [1.29, 1.82) is 0 Å². The van der Waals surface area contributed by atoms with E-state index in [1.807, 2.05) is 24.1 Å². The molecule has 39 heavy (non-hydrogen) atoms. The van der Waals surface area contributed by atoms with Gasteiger partial charge in [0, 0.05) is 24.1 Å². The Morgan fingerprint density at radius 2 is 1.85 bits per heavy atom. The molecule has 4 aromatic rings. The molecule has 1 aromatic heterocycles. The summed E-state index contributed by atoms with van der Waals surface area (Å²) in [4.78, 5) is 5.03. The van der Waals surface area contributed by atoms with Gasteiger partial charge in [0.05, 0.1) is 11.6 Å². The number of rotatable bonds is 8. The number of halogens is 1. The lowest BCUT2D eigenvalue weighted by Gasteiger charge is -2.32. The van der Waals surface area contributed by atoms with Crippen molar-refractivity contribution < 1.29 is 4.57 Å². The van der Waals surface area contributed by atoms with Crippen LogP contribution in [0.1, 0.15) is 56.7 Å². The number of hydrogen-bond donors (Lipinski definition) is 1. The predicted molar refractivity (Wildman–Crippen MR) is 164 cm³/mol. The van der Waals surface area contributed by atoms with Gasteiger partial charge in [-0.15, -0.1) is 11.8 Å². The van der Waals surface area contributed by atoms with Crippen molar-refractivity contribution in [3.05, 3.63) is 88.7 Å². The van der Waals surface area contributed by atoms with Gasteiger partial charge in [-0.1, -0.05) is 91.1 Å². The molecule has 202 valence electrons. The first kappa shape index (κ1) is 27.2. The normalized spacial score (nSPS) is 16.5. The lowest BCUT2D eigenvalue weighted by Crippen LogP contribution is -2.50. The number of anilines is 1. The quantitative estimate of drug-likeness (QED) is 0.111. The summed E-state index contributed by atoms with van der Waals surface area (Å²) in [7, 11) is 0. The van der Waals surface area contributed by atoms with Gasteiger partial charge in [-0.05, 0) is 52.7 Å². The highest BCUT2D eigenvalue weighted by atomic mass is 35.5. The molecule has 2 heterocycles. The Morgan fingerprint density at radius 3 is 2.62 bits per heavy atom. The van der Waals surface area contributed by atoms with Crippen molar-refractivity contribution >= 4 is 51.1 Å². The Labute approximate surface area is 239 Å². The molecule has 0 bridgehead atoms. The standard InChI is InChI=1S/C30H34ClN7S/c1-5-7-19-32-29-33-30-36(20-23-15-17-25(31)18-16-23)21(3)34-38(30)28(37(29)35-22(4)39-6-2)27-14-10-12-24-11-8-9-13-26(24)27/h8-18,28H,5-7,19-20H2,1-4H3/p+1/b32-29?,35-22-. The third-order valence-electron chi connectivity index (χ3n) is 6.75. The van der Waals surface area contributed by atoms with Gasteiger partial charge in [0.1, 0.15) is 0 Å². The summed E-state index contributed by atoms with van der Waals surface area (Å²) in [6.45, 7) is 9.81. The third-order valence-corrected chi connectivity index (χ3v) is 7.79. The van der Waals surface area contributed by atoms with Crippen LogP contribution in [0.2, 0.25) is 5.02 Å². The maximum Gasteiger partial charge on any atom is 0.354 e. The van der Waals surface area contributed by atoms with Crippen LogP contribution in [0.15, 0.2) is 76.8 Å². The molecule has 9 heteroatoms. The Balaban J connectivity index is 1.72. The minimum atomic E-state index is -0.315. The summed E-state index contributed by atoms with van der Waals surface area (Å²) in [5.41, 5.74) is 2.27. The summed E-state index contributed by atoms with van der Waals surface area (Å²) >= 11 is 7.89. The highest BCUT2D eigenvalue weighted by Crippen LogP contribution is 2.35. The van der Waals surface area contributed by atoms with Crippen molar-refractivity contribution in [3.63, 3.8) is 0 Å². The summed E-state index contributed by atoms with van der Waals surface area (Å²) in [5, 5.41) is 19.9. The average molecular weight is 561 g/mol. The molecule has 1 N–H and O–H groups in total. The molecule has 0 aliphatic carbocycles. The van der Waals surface area contributed by atoms with E-state index in [-0.39, 0.29) is 6.17 Å². The van der Waals surface area contributed by atoms with Gasteiger partial charge in [0.25, 0.3) is 5.96 Å². The molecule has 7 nitrogen and oxygen atoms in total. The predicted octanol–water partition coefficient (Wildman–Crippen LogP) is 6.85. The number of nitrogens with zero attached hydrogens (tertiary/aromatic N) is 6. The molecule has 1 atom stereocenters. The van der Waals surface area contributed by atoms with E-state index in [2.05, 4.69) is 89.9 Å². The molecule has 1 unspecified atom stereocenters. The van der Waals surface area contributed by atoms with Gasteiger partial charge in [0.15, 0.2) is 0 Å². The van der Waals surface area contributed by atoms with Crippen LogP contribution < -0.4 is 9.88 Å². The summed E-state index contributed by atoms with van der Waals surface area (Å²) in [6.07, 6.45) is 1.77. The highest BCUT2D eigenvalue weighted by Gasteiger charge is 2.42. The molecule has 3 aromatic carbocycles. The topological polar surface area (TPSA) is 61.7 Å². The van der Waals surface area contributed by atoms with Crippen LogP contribution in [0.25, 0.3) is 10.8 Å². The fourth-order valence-electron chi connectivity index (χ4n) is 4.85. The molecule has 0 amide bonds. The van der Waals surface area contributed by atoms with E-state index in [0.29, 0.717) is 6.54 Å². The largest absolute Gasteiger partial charge is 0.354 e. The molecular formula is C30H35ClN7S+. The zero-order valence-corrected chi connectivity index (χ0v) is 24.5. The molecule has 0 saturated carbocycles. The van der Waals surface area contributed by atoms with Gasteiger partial charge >= 0.3 is 5.95 Å². The van der Waals surface area contributed by atoms with Gasteiger partial charge < -0.3 is 0 Å². The van der Waals surface area contributed by atoms with Crippen molar-refractivity contribution in [3.8, 4) is 0 Å². The van der Waals surface area contributed by atoms with Gasteiger partial charge in [0.2, 0.25) is 12.0 Å².